The topological polar surface area (TPSA) is 20.3 Å². The largest absolute Gasteiger partial charge is 0.296 e. The number of rotatable bonds is 1. The monoisotopic (exact) mass is 233 g/mol. The van der Waals surface area contributed by atoms with Gasteiger partial charge in [0.15, 0.2) is 5.78 Å². The number of carbonyl (C=O) groups is 1. The normalized spacial score (nSPS) is 32.6. The Balaban J connectivity index is 1.97. The number of fused-ring (bicyclic) bond motifs is 2. The number of ketones is 1. The third-order valence-corrected chi connectivity index (χ3v) is 4.60. The number of nitrogens with zero attached hydrogens (tertiary/aromatic N) is 1. The quantitative estimate of drug-likeness (QED) is 0.695. The number of hydrogen-bond acceptors (Lipinski definition) is 3. The Morgan fingerprint density at radius 3 is 3.12 bits per heavy atom. The molecule has 2 aliphatic heterocycles. The summed E-state index contributed by atoms with van der Waals surface area (Å²) in [6.07, 6.45) is 5.12. The van der Waals surface area contributed by atoms with Gasteiger partial charge in [0, 0.05) is 29.0 Å². The Kier molecular flexibility index (Phi) is 2.45. The van der Waals surface area contributed by atoms with E-state index >= 15 is 0 Å². The zero-order valence-corrected chi connectivity index (χ0v) is 10.2. The highest BCUT2D eigenvalue weighted by molar-refractivity contribution is 7.10. The first-order chi connectivity index (χ1) is 7.75. The third-order valence-electron chi connectivity index (χ3n) is 3.78. The molecule has 0 amide bonds. The number of thiophene rings is 1. The van der Waals surface area contributed by atoms with E-state index in [2.05, 4.69) is 29.5 Å². The van der Waals surface area contributed by atoms with Crippen molar-refractivity contribution >= 4 is 23.2 Å². The molecule has 0 radical (unpaired) electrons. The summed E-state index contributed by atoms with van der Waals surface area (Å²) in [5, 5.41) is 2.06. The van der Waals surface area contributed by atoms with E-state index in [4.69, 9.17) is 0 Å². The summed E-state index contributed by atoms with van der Waals surface area (Å²) in [6.45, 7) is 0. The maximum atomic E-state index is 12.0. The number of carbonyl (C=O) groups excluding carboxylic acids is 1. The summed E-state index contributed by atoms with van der Waals surface area (Å²) in [7, 11) is 2.15. The van der Waals surface area contributed by atoms with Crippen LogP contribution in [0.25, 0.3) is 6.08 Å². The van der Waals surface area contributed by atoms with Gasteiger partial charge in [-0.15, -0.1) is 11.3 Å². The first-order valence-corrected chi connectivity index (χ1v) is 6.64. The van der Waals surface area contributed by atoms with Gasteiger partial charge < -0.3 is 0 Å². The van der Waals surface area contributed by atoms with Crippen LogP contribution < -0.4 is 0 Å². The fraction of sp³-hybridized carbons (Fsp3) is 0.462. The van der Waals surface area contributed by atoms with Crippen LogP contribution >= 0.6 is 11.3 Å². The van der Waals surface area contributed by atoms with E-state index in [1.165, 1.54) is 11.3 Å². The van der Waals surface area contributed by atoms with Crippen LogP contribution in [0, 0.1) is 0 Å². The fourth-order valence-electron chi connectivity index (χ4n) is 2.85. The lowest BCUT2D eigenvalue weighted by atomic mass is 9.95. The minimum absolute atomic E-state index is 0.360. The molecule has 3 heteroatoms. The molecule has 0 aromatic carbocycles. The maximum Gasteiger partial charge on any atom is 0.162 e. The van der Waals surface area contributed by atoms with Crippen molar-refractivity contribution in [3.8, 4) is 0 Å². The van der Waals surface area contributed by atoms with E-state index in [1.807, 2.05) is 6.07 Å². The molecule has 2 unspecified atom stereocenters. The Morgan fingerprint density at radius 2 is 2.38 bits per heavy atom. The lowest BCUT2D eigenvalue weighted by Crippen LogP contribution is -2.41. The van der Waals surface area contributed by atoms with Crippen molar-refractivity contribution in [1.82, 2.24) is 4.90 Å². The van der Waals surface area contributed by atoms with Crippen molar-refractivity contribution in [2.24, 2.45) is 0 Å². The molecular formula is C13H15NOS. The van der Waals surface area contributed by atoms with Gasteiger partial charge in [0.25, 0.3) is 0 Å². The van der Waals surface area contributed by atoms with Crippen molar-refractivity contribution in [3.63, 3.8) is 0 Å². The molecule has 16 heavy (non-hydrogen) atoms. The molecule has 2 nitrogen and oxygen atoms in total. The summed E-state index contributed by atoms with van der Waals surface area (Å²) >= 11 is 1.70. The van der Waals surface area contributed by atoms with Gasteiger partial charge in [0.2, 0.25) is 0 Å². The molecule has 0 saturated carbocycles. The molecule has 1 aromatic heterocycles. The predicted octanol–water partition coefficient (Wildman–Crippen LogP) is 2.57. The van der Waals surface area contributed by atoms with Crippen molar-refractivity contribution in [2.45, 2.75) is 31.3 Å². The van der Waals surface area contributed by atoms with Crippen molar-refractivity contribution in [3.05, 3.63) is 28.0 Å². The molecule has 0 spiro atoms. The van der Waals surface area contributed by atoms with Crippen molar-refractivity contribution in [1.29, 1.82) is 0 Å². The summed E-state index contributed by atoms with van der Waals surface area (Å²) < 4.78 is 0. The molecule has 84 valence electrons. The average molecular weight is 233 g/mol. The van der Waals surface area contributed by atoms with Crippen LogP contribution in [-0.2, 0) is 4.79 Å². The van der Waals surface area contributed by atoms with E-state index in [0.29, 0.717) is 24.3 Å². The van der Waals surface area contributed by atoms with Crippen LogP contribution in [0.3, 0.4) is 0 Å². The second-order valence-corrected chi connectivity index (χ2v) is 5.63. The van der Waals surface area contributed by atoms with E-state index < -0.39 is 0 Å². The van der Waals surface area contributed by atoms with Crippen LogP contribution in [0.1, 0.15) is 24.1 Å². The Hall–Kier alpha value is -0.930. The third kappa shape index (κ3) is 1.55. The molecule has 3 heterocycles. The first kappa shape index (κ1) is 10.2. The number of piperidine rings is 1. The molecule has 2 atom stereocenters. The minimum Gasteiger partial charge on any atom is -0.296 e. The van der Waals surface area contributed by atoms with E-state index in [1.54, 1.807) is 11.3 Å². The minimum atomic E-state index is 0.360. The molecule has 1 aromatic rings. The average Bonchev–Trinajstić information content (AvgIpc) is 2.83. The number of Topliss-reactive ketones (excluding diaryl/α,β-unsaturated/α-hetero) is 1. The van der Waals surface area contributed by atoms with Gasteiger partial charge in [-0.3, -0.25) is 9.69 Å². The van der Waals surface area contributed by atoms with Gasteiger partial charge in [-0.25, -0.2) is 0 Å². The number of hydrogen-bond donors (Lipinski definition) is 0. The molecule has 2 fully saturated rings. The SMILES string of the molecule is CN1C2CCC1/C(=C\c1cccs1)C(=O)C2. The zero-order chi connectivity index (χ0) is 11.1. The molecule has 2 aliphatic rings. The highest BCUT2D eigenvalue weighted by Crippen LogP contribution is 2.36. The molecule has 0 aliphatic carbocycles. The van der Waals surface area contributed by atoms with E-state index in [9.17, 15) is 4.79 Å². The van der Waals surface area contributed by atoms with Crippen LogP contribution in [-0.4, -0.2) is 29.8 Å². The Labute approximate surface area is 99.6 Å². The number of likely N-dealkylation sites (N-methyl/N-ethyl adjacent to an activating group) is 1. The molecule has 3 rings (SSSR count). The summed E-state index contributed by atoms with van der Waals surface area (Å²) in [6, 6.07) is 4.98. The molecule has 2 saturated heterocycles. The molecular weight excluding hydrogens is 218 g/mol. The first-order valence-electron chi connectivity index (χ1n) is 5.76. The van der Waals surface area contributed by atoms with Gasteiger partial charge in [-0.1, -0.05) is 6.07 Å². The summed E-state index contributed by atoms with van der Waals surface area (Å²) in [5.41, 5.74) is 1.03. The molecule has 2 bridgehead atoms. The van der Waals surface area contributed by atoms with Gasteiger partial charge in [-0.2, -0.15) is 0 Å². The summed E-state index contributed by atoms with van der Waals surface area (Å²) in [4.78, 5) is 15.6. The second-order valence-electron chi connectivity index (χ2n) is 4.65. The van der Waals surface area contributed by atoms with Gasteiger partial charge >= 0.3 is 0 Å². The molecule has 0 N–H and O–H groups in total. The summed E-state index contributed by atoms with van der Waals surface area (Å²) in [5.74, 6) is 0.360. The zero-order valence-electron chi connectivity index (χ0n) is 9.35. The van der Waals surface area contributed by atoms with Gasteiger partial charge in [0.05, 0.1) is 0 Å². The smallest absolute Gasteiger partial charge is 0.162 e. The lowest BCUT2D eigenvalue weighted by molar-refractivity contribution is -0.118. The highest BCUT2D eigenvalue weighted by atomic mass is 32.1. The van der Waals surface area contributed by atoms with Crippen LogP contribution in [0.5, 0.6) is 0 Å². The van der Waals surface area contributed by atoms with E-state index in [0.717, 1.165) is 12.0 Å². The van der Waals surface area contributed by atoms with Crippen molar-refractivity contribution < 1.29 is 4.79 Å². The highest BCUT2D eigenvalue weighted by Gasteiger charge is 2.41. The van der Waals surface area contributed by atoms with Gasteiger partial charge in [0.1, 0.15) is 0 Å². The second kappa shape index (κ2) is 3.82. The van der Waals surface area contributed by atoms with Crippen molar-refractivity contribution in [2.75, 3.05) is 7.05 Å². The van der Waals surface area contributed by atoms with Gasteiger partial charge in [-0.05, 0) is 37.4 Å². The Morgan fingerprint density at radius 1 is 1.50 bits per heavy atom. The van der Waals surface area contributed by atoms with E-state index in [-0.39, 0.29) is 0 Å². The maximum absolute atomic E-state index is 12.0. The standard InChI is InChI=1S/C13H15NOS/c1-14-9-4-5-12(14)11(13(15)7-9)8-10-3-2-6-16-10/h2-3,6,8-9,12H,4-5,7H2,1H3/b11-8+. The fourth-order valence-corrected chi connectivity index (χ4v) is 3.52. The lowest BCUT2D eigenvalue weighted by Gasteiger charge is -2.32. The van der Waals surface area contributed by atoms with Crippen LogP contribution in [0.15, 0.2) is 23.1 Å². The Bertz CT molecular complexity index is 435. The predicted molar refractivity (Wildman–Crippen MR) is 66.5 cm³/mol. The van der Waals surface area contributed by atoms with Crippen LogP contribution in [0.2, 0.25) is 0 Å². The van der Waals surface area contributed by atoms with Crippen LogP contribution in [0.4, 0.5) is 0 Å².